The Bertz CT molecular complexity index is 423. The van der Waals surface area contributed by atoms with Gasteiger partial charge in [0.15, 0.2) is 0 Å². The summed E-state index contributed by atoms with van der Waals surface area (Å²) in [6, 6.07) is 6.35. The van der Waals surface area contributed by atoms with Crippen LogP contribution in [0.25, 0.3) is 0 Å². The van der Waals surface area contributed by atoms with Gasteiger partial charge in [-0.2, -0.15) is 0 Å². The van der Waals surface area contributed by atoms with Crippen LogP contribution in [0.1, 0.15) is 44.9 Å². The highest BCUT2D eigenvalue weighted by molar-refractivity contribution is 5.42. The van der Waals surface area contributed by atoms with Crippen LogP contribution in [0.2, 0.25) is 0 Å². The van der Waals surface area contributed by atoms with Gasteiger partial charge in [0.2, 0.25) is 0 Å². The van der Waals surface area contributed by atoms with Crippen molar-refractivity contribution in [3.05, 3.63) is 29.3 Å². The lowest BCUT2D eigenvalue weighted by Gasteiger charge is -2.24. The van der Waals surface area contributed by atoms with E-state index in [0.717, 1.165) is 12.3 Å². The Morgan fingerprint density at radius 1 is 1.33 bits per heavy atom. The van der Waals surface area contributed by atoms with Crippen LogP contribution in [0, 0.1) is 0 Å². The van der Waals surface area contributed by atoms with E-state index in [9.17, 15) is 0 Å². The molecule has 18 heavy (non-hydrogen) atoms. The van der Waals surface area contributed by atoms with E-state index in [4.69, 9.17) is 9.47 Å². The molecule has 1 N–H and O–H groups in total. The first-order chi connectivity index (χ1) is 8.41. The van der Waals surface area contributed by atoms with E-state index in [1.165, 1.54) is 11.1 Å². The first-order valence-corrected chi connectivity index (χ1v) is 6.49. The van der Waals surface area contributed by atoms with Gasteiger partial charge >= 0.3 is 0 Å². The average molecular weight is 249 g/mol. The molecule has 3 nitrogen and oxygen atoms in total. The van der Waals surface area contributed by atoms with E-state index in [2.05, 4.69) is 38.2 Å². The van der Waals surface area contributed by atoms with Crippen molar-refractivity contribution >= 4 is 0 Å². The molecule has 1 fully saturated rings. The van der Waals surface area contributed by atoms with Crippen molar-refractivity contribution in [2.45, 2.75) is 45.4 Å². The molecule has 1 heterocycles. The quantitative estimate of drug-likeness (QED) is 0.874. The smallest absolute Gasteiger partial charge is 0.122 e. The number of ether oxygens (including phenoxy) is 2. The topological polar surface area (TPSA) is 30.5 Å². The van der Waals surface area contributed by atoms with E-state index >= 15 is 0 Å². The first kappa shape index (κ1) is 13.4. The molecule has 100 valence electrons. The highest BCUT2D eigenvalue weighted by Crippen LogP contribution is 2.34. The second kappa shape index (κ2) is 4.90. The SMILES string of the molecule is COc1ccc(C2CNC(C)O2)cc1C(C)(C)C. The summed E-state index contributed by atoms with van der Waals surface area (Å²) in [6.45, 7) is 9.51. The molecular weight excluding hydrogens is 226 g/mol. The van der Waals surface area contributed by atoms with Crippen molar-refractivity contribution in [3.8, 4) is 5.75 Å². The molecule has 0 aliphatic carbocycles. The van der Waals surface area contributed by atoms with E-state index < -0.39 is 0 Å². The Morgan fingerprint density at radius 2 is 2.06 bits per heavy atom. The van der Waals surface area contributed by atoms with E-state index in [-0.39, 0.29) is 17.7 Å². The number of hydrogen-bond donors (Lipinski definition) is 1. The lowest BCUT2D eigenvalue weighted by molar-refractivity contribution is 0.0528. The third kappa shape index (κ3) is 2.68. The molecule has 1 saturated heterocycles. The average Bonchev–Trinajstić information content (AvgIpc) is 2.74. The zero-order valence-corrected chi connectivity index (χ0v) is 11.9. The molecule has 1 aliphatic rings. The molecule has 0 aromatic heterocycles. The second-order valence-corrected chi connectivity index (χ2v) is 5.88. The van der Waals surface area contributed by atoms with Crippen molar-refractivity contribution in [1.82, 2.24) is 5.32 Å². The summed E-state index contributed by atoms with van der Waals surface area (Å²) in [5, 5.41) is 3.30. The number of hydrogen-bond acceptors (Lipinski definition) is 3. The van der Waals surface area contributed by atoms with Gasteiger partial charge < -0.3 is 9.47 Å². The van der Waals surface area contributed by atoms with Crippen LogP contribution in [-0.2, 0) is 10.2 Å². The van der Waals surface area contributed by atoms with Crippen molar-refractivity contribution in [2.24, 2.45) is 0 Å². The maximum absolute atomic E-state index is 5.84. The van der Waals surface area contributed by atoms with Gasteiger partial charge in [0.05, 0.1) is 13.2 Å². The molecular formula is C15H23NO2. The lowest BCUT2D eigenvalue weighted by atomic mass is 9.85. The molecule has 2 rings (SSSR count). The summed E-state index contributed by atoms with van der Waals surface area (Å²) in [6.07, 6.45) is 0.280. The third-order valence-electron chi connectivity index (χ3n) is 3.36. The maximum atomic E-state index is 5.84. The molecule has 0 spiro atoms. The van der Waals surface area contributed by atoms with Crippen LogP contribution in [0.4, 0.5) is 0 Å². The maximum Gasteiger partial charge on any atom is 0.122 e. The molecule has 1 aliphatic heterocycles. The van der Waals surface area contributed by atoms with E-state index in [1.54, 1.807) is 7.11 Å². The van der Waals surface area contributed by atoms with Gasteiger partial charge in [0.25, 0.3) is 0 Å². The van der Waals surface area contributed by atoms with Gasteiger partial charge in [-0.1, -0.05) is 26.8 Å². The van der Waals surface area contributed by atoms with Crippen LogP contribution < -0.4 is 10.1 Å². The normalized spacial score (nSPS) is 24.3. The molecule has 0 bridgehead atoms. The molecule has 2 atom stereocenters. The lowest BCUT2D eigenvalue weighted by Crippen LogP contribution is -2.17. The minimum Gasteiger partial charge on any atom is -0.496 e. The van der Waals surface area contributed by atoms with Crippen LogP contribution >= 0.6 is 0 Å². The zero-order chi connectivity index (χ0) is 13.3. The standard InChI is InChI=1S/C15H23NO2/c1-10-16-9-14(18-10)11-6-7-13(17-5)12(8-11)15(2,3)4/h6-8,10,14,16H,9H2,1-5H3. The van der Waals surface area contributed by atoms with Crippen molar-refractivity contribution in [1.29, 1.82) is 0 Å². The Hall–Kier alpha value is -1.06. The zero-order valence-electron chi connectivity index (χ0n) is 11.9. The summed E-state index contributed by atoms with van der Waals surface area (Å²) >= 11 is 0. The predicted octanol–water partition coefficient (Wildman–Crippen LogP) is 3.00. The summed E-state index contributed by atoms with van der Waals surface area (Å²) < 4.78 is 11.3. The summed E-state index contributed by atoms with van der Waals surface area (Å²) in [4.78, 5) is 0. The van der Waals surface area contributed by atoms with E-state index in [0.29, 0.717) is 0 Å². The Morgan fingerprint density at radius 3 is 2.56 bits per heavy atom. The van der Waals surface area contributed by atoms with E-state index in [1.807, 2.05) is 13.0 Å². The fraction of sp³-hybridized carbons (Fsp3) is 0.600. The third-order valence-corrected chi connectivity index (χ3v) is 3.36. The Labute approximate surface area is 109 Å². The Balaban J connectivity index is 2.34. The molecule has 3 heteroatoms. The summed E-state index contributed by atoms with van der Waals surface area (Å²) in [5.41, 5.74) is 2.52. The van der Waals surface area contributed by atoms with Crippen molar-refractivity contribution in [2.75, 3.05) is 13.7 Å². The van der Waals surface area contributed by atoms with Crippen molar-refractivity contribution in [3.63, 3.8) is 0 Å². The number of nitrogens with one attached hydrogen (secondary N) is 1. The number of methoxy groups -OCH3 is 1. The second-order valence-electron chi connectivity index (χ2n) is 5.88. The minimum atomic E-state index is 0.0685. The largest absolute Gasteiger partial charge is 0.496 e. The highest BCUT2D eigenvalue weighted by Gasteiger charge is 2.25. The van der Waals surface area contributed by atoms with Gasteiger partial charge in [0.1, 0.15) is 12.0 Å². The summed E-state index contributed by atoms with van der Waals surface area (Å²) in [7, 11) is 1.72. The fourth-order valence-electron chi connectivity index (χ4n) is 2.32. The number of rotatable bonds is 2. The fourth-order valence-corrected chi connectivity index (χ4v) is 2.32. The van der Waals surface area contributed by atoms with Crippen LogP contribution in [0.3, 0.4) is 0 Å². The molecule has 1 aromatic carbocycles. The van der Waals surface area contributed by atoms with Crippen LogP contribution in [0.15, 0.2) is 18.2 Å². The highest BCUT2D eigenvalue weighted by atomic mass is 16.5. The molecule has 0 amide bonds. The van der Waals surface area contributed by atoms with Gasteiger partial charge in [-0.15, -0.1) is 0 Å². The van der Waals surface area contributed by atoms with Gasteiger partial charge in [-0.25, -0.2) is 0 Å². The van der Waals surface area contributed by atoms with Crippen LogP contribution in [-0.4, -0.2) is 19.9 Å². The number of benzene rings is 1. The molecule has 0 radical (unpaired) electrons. The molecule has 1 aromatic rings. The monoisotopic (exact) mass is 249 g/mol. The summed E-state index contributed by atoms with van der Waals surface area (Å²) in [5.74, 6) is 0.949. The van der Waals surface area contributed by atoms with Gasteiger partial charge in [-0.05, 0) is 35.6 Å². The Kier molecular flexibility index (Phi) is 3.64. The minimum absolute atomic E-state index is 0.0685. The van der Waals surface area contributed by atoms with Crippen LogP contribution in [0.5, 0.6) is 5.75 Å². The molecule has 2 unspecified atom stereocenters. The van der Waals surface area contributed by atoms with Gasteiger partial charge in [-0.3, -0.25) is 5.32 Å². The van der Waals surface area contributed by atoms with Crippen molar-refractivity contribution < 1.29 is 9.47 Å². The van der Waals surface area contributed by atoms with Gasteiger partial charge in [0, 0.05) is 6.54 Å². The predicted molar refractivity (Wildman–Crippen MR) is 73.0 cm³/mol. The first-order valence-electron chi connectivity index (χ1n) is 6.49. The molecule has 0 saturated carbocycles.